The van der Waals surface area contributed by atoms with Crippen molar-refractivity contribution in [2.45, 2.75) is 62.2 Å². The number of nitrogens with one attached hydrogen (secondary N) is 1. The van der Waals surface area contributed by atoms with E-state index in [2.05, 4.69) is 20.1 Å². The van der Waals surface area contributed by atoms with Gasteiger partial charge in [0.1, 0.15) is 29.3 Å². The molecule has 1 unspecified atom stereocenters. The highest BCUT2D eigenvalue weighted by atomic mass is 32.2. The number of ether oxygens (including phenoxy) is 3. The highest BCUT2D eigenvalue weighted by Crippen LogP contribution is 2.37. The number of imidazole rings is 1. The number of pyridine rings is 2. The average Bonchev–Trinajstić information content (AvgIpc) is 3.43. The topological polar surface area (TPSA) is 122 Å². The molecule has 0 radical (unpaired) electrons. The maximum absolute atomic E-state index is 14.4. The van der Waals surface area contributed by atoms with Gasteiger partial charge in [-0.3, -0.25) is 4.57 Å². The van der Waals surface area contributed by atoms with Crippen molar-refractivity contribution < 1.29 is 31.4 Å². The third-order valence-electron chi connectivity index (χ3n) is 7.75. The Morgan fingerprint density at radius 2 is 1.84 bits per heavy atom. The fourth-order valence-corrected chi connectivity index (χ4v) is 6.47. The van der Waals surface area contributed by atoms with Crippen LogP contribution in [0.4, 0.5) is 26.0 Å². The second kappa shape index (κ2) is 13.0. The number of nitrogens with zero attached hydrogens (tertiary/aromatic N) is 5. The minimum Gasteiger partial charge on any atom is -0.499 e. The standard InChI is InChI=1S/C31H32F2N6O5S/c1-34-29-24(44-21-12-15-42-16-13-21)11-10-19(35-29)17-20-18-23(37-22-7-3-4-8-25(22)45(2,40)41)27-30(36-20)39(31(38-27)28(32)33)26-9-5-6-14-43-26/h3-4,7-8,10-11,18,21,26,28H,5-6,9,12-17H2,2H3,(H,36,37). The van der Waals surface area contributed by atoms with E-state index in [0.717, 1.165) is 31.9 Å². The van der Waals surface area contributed by atoms with E-state index in [1.807, 2.05) is 0 Å². The maximum Gasteiger partial charge on any atom is 0.312 e. The predicted molar refractivity (Wildman–Crippen MR) is 162 cm³/mol. The first-order chi connectivity index (χ1) is 21.7. The zero-order chi connectivity index (χ0) is 31.6. The van der Waals surface area contributed by atoms with Crippen LogP contribution in [-0.2, 0) is 25.7 Å². The lowest BCUT2D eigenvalue weighted by Crippen LogP contribution is -2.25. The number of para-hydroxylation sites is 1. The Hall–Kier alpha value is -4.19. The summed E-state index contributed by atoms with van der Waals surface area (Å²) >= 11 is 0. The molecule has 5 heterocycles. The van der Waals surface area contributed by atoms with Gasteiger partial charge in [0.2, 0.25) is 0 Å². The van der Waals surface area contributed by atoms with Crippen molar-refractivity contribution in [3.05, 3.63) is 71.1 Å². The Morgan fingerprint density at radius 3 is 2.56 bits per heavy atom. The minimum atomic E-state index is -3.62. The third-order valence-corrected chi connectivity index (χ3v) is 8.91. The van der Waals surface area contributed by atoms with Gasteiger partial charge in [-0.05, 0) is 49.6 Å². The molecule has 1 aromatic carbocycles. The zero-order valence-corrected chi connectivity index (χ0v) is 25.4. The monoisotopic (exact) mass is 638 g/mol. The normalized spacial score (nSPS) is 17.8. The number of hydrogen-bond donors (Lipinski definition) is 1. The number of fused-ring (bicyclic) bond motifs is 1. The first-order valence-corrected chi connectivity index (χ1v) is 16.6. The summed E-state index contributed by atoms with van der Waals surface area (Å²) < 4.78 is 72.6. The Labute approximate surface area is 259 Å². The predicted octanol–water partition coefficient (Wildman–Crippen LogP) is 6.31. The van der Waals surface area contributed by atoms with E-state index in [0.29, 0.717) is 49.1 Å². The lowest BCUT2D eigenvalue weighted by Gasteiger charge is -2.25. The van der Waals surface area contributed by atoms with E-state index in [-0.39, 0.29) is 40.1 Å². The molecule has 0 aliphatic carbocycles. The van der Waals surface area contributed by atoms with E-state index in [1.54, 1.807) is 36.4 Å². The lowest BCUT2D eigenvalue weighted by atomic mass is 10.1. The molecule has 4 aromatic rings. The van der Waals surface area contributed by atoms with Gasteiger partial charge in [0, 0.05) is 25.7 Å². The van der Waals surface area contributed by atoms with E-state index in [9.17, 15) is 17.2 Å². The quantitative estimate of drug-likeness (QED) is 0.210. The van der Waals surface area contributed by atoms with Crippen molar-refractivity contribution in [2.24, 2.45) is 0 Å². The van der Waals surface area contributed by atoms with Crippen LogP contribution in [0.2, 0.25) is 0 Å². The molecule has 0 saturated carbocycles. The second-order valence-electron chi connectivity index (χ2n) is 11.0. The van der Waals surface area contributed by atoms with Crippen LogP contribution in [0.3, 0.4) is 0 Å². The summed E-state index contributed by atoms with van der Waals surface area (Å²) in [5, 5.41) is 3.13. The smallest absolute Gasteiger partial charge is 0.312 e. The molecule has 3 aromatic heterocycles. The molecule has 1 N–H and O–H groups in total. The molecule has 0 bridgehead atoms. The summed E-state index contributed by atoms with van der Waals surface area (Å²) in [4.78, 5) is 17.2. The van der Waals surface area contributed by atoms with Gasteiger partial charge in [0.15, 0.2) is 21.3 Å². The summed E-state index contributed by atoms with van der Waals surface area (Å²) in [5.74, 6) is 0.0167. The van der Waals surface area contributed by atoms with E-state index in [4.69, 9.17) is 25.8 Å². The Balaban J connectivity index is 1.43. The van der Waals surface area contributed by atoms with Crippen LogP contribution in [-0.4, -0.2) is 60.1 Å². The van der Waals surface area contributed by atoms with Crippen molar-refractivity contribution in [1.82, 2.24) is 19.5 Å². The van der Waals surface area contributed by atoms with Crippen LogP contribution in [0.25, 0.3) is 16.0 Å². The molecule has 0 spiro atoms. The molecular formula is C31H32F2N6O5S. The van der Waals surface area contributed by atoms with Gasteiger partial charge >= 0.3 is 5.82 Å². The Morgan fingerprint density at radius 1 is 1.04 bits per heavy atom. The number of alkyl halides is 2. The average molecular weight is 639 g/mol. The van der Waals surface area contributed by atoms with E-state index in [1.165, 1.54) is 10.6 Å². The van der Waals surface area contributed by atoms with Crippen LogP contribution in [0.1, 0.15) is 62.0 Å². The Kier molecular flexibility index (Phi) is 8.93. The van der Waals surface area contributed by atoms with Crippen molar-refractivity contribution in [1.29, 1.82) is 0 Å². The van der Waals surface area contributed by atoms with Crippen molar-refractivity contribution in [3.8, 4) is 5.75 Å². The summed E-state index contributed by atoms with van der Waals surface area (Å²) in [6.45, 7) is 9.30. The molecule has 2 aliphatic heterocycles. The molecule has 11 nitrogen and oxygen atoms in total. The van der Waals surface area contributed by atoms with Crippen molar-refractivity contribution in [2.75, 3.05) is 31.4 Å². The van der Waals surface area contributed by atoms with Gasteiger partial charge < -0.3 is 24.4 Å². The maximum atomic E-state index is 14.4. The van der Waals surface area contributed by atoms with Crippen molar-refractivity contribution in [3.63, 3.8) is 0 Å². The molecule has 1 atom stereocenters. The van der Waals surface area contributed by atoms with Crippen LogP contribution in [0, 0.1) is 6.57 Å². The SMILES string of the molecule is [C-]#[N+]c1nc(Cc2cc(Nc3ccccc3S(C)(=O)=O)c3nc(C(F)F)n(C4CCCCO4)c3n2)ccc1OC1CCOCC1. The molecule has 6 rings (SSSR count). The molecule has 2 aliphatic rings. The molecule has 2 fully saturated rings. The summed E-state index contributed by atoms with van der Waals surface area (Å²) in [6, 6.07) is 11.4. The highest BCUT2D eigenvalue weighted by Gasteiger charge is 2.29. The van der Waals surface area contributed by atoms with Gasteiger partial charge in [-0.1, -0.05) is 18.7 Å². The number of anilines is 2. The summed E-state index contributed by atoms with van der Waals surface area (Å²) in [7, 11) is -3.62. The molecule has 45 heavy (non-hydrogen) atoms. The van der Waals surface area contributed by atoms with Gasteiger partial charge in [0.05, 0.1) is 41.6 Å². The highest BCUT2D eigenvalue weighted by molar-refractivity contribution is 7.90. The fraction of sp³-hybridized carbons (Fsp3) is 0.419. The van der Waals surface area contributed by atoms with Gasteiger partial charge in [-0.15, -0.1) is 4.98 Å². The third kappa shape index (κ3) is 6.75. The first-order valence-electron chi connectivity index (χ1n) is 14.7. The van der Waals surface area contributed by atoms with E-state index >= 15 is 0 Å². The lowest BCUT2D eigenvalue weighted by molar-refractivity contribution is -0.0363. The first kappa shape index (κ1) is 30.8. The number of rotatable bonds is 9. The Bertz CT molecular complexity index is 1850. The largest absolute Gasteiger partial charge is 0.499 e. The minimum absolute atomic E-state index is 0.0455. The van der Waals surface area contributed by atoms with Crippen LogP contribution >= 0.6 is 0 Å². The van der Waals surface area contributed by atoms with Gasteiger partial charge in [-0.25, -0.2) is 27.2 Å². The molecule has 236 valence electrons. The number of hydrogen-bond acceptors (Lipinski definition) is 9. The molecule has 14 heteroatoms. The summed E-state index contributed by atoms with van der Waals surface area (Å²) in [5.41, 5.74) is 1.86. The van der Waals surface area contributed by atoms with E-state index < -0.39 is 28.3 Å². The number of benzene rings is 1. The van der Waals surface area contributed by atoms with Crippen molar-refractivity contribution >= 4 is 38.2 Å². The van der Waals surface area contributed by atoms with Crippen LogP contribution in [0.15, 0.2) is 47.4 Å². The van der Waals surface area contributed by atoms with Crippen LogP contribution < -0.4 is 10.1 Å². The van der Waals surface area contributed by atoms with Gasteiger partial charge in [-0.2, -0.15) is 0 Å². The second-order valence-corrected chi connectivity index (χ2v) is 13.0. The molecule has 0 amide bonds. The molecule has 2 saturated heterocycles. The zero-order valence-electron chi connectivity index (χ0n) is 24.6. The summed E-state index contributed by atoms with van der Waals surface area (Å²) in [6.07, 6.45) is 1.18. The number of aromatic nitrogens is 4. The fourth-order valence-electron chi connectivity index (χ4n) is 5.63. The number of sulfone groups is 1. The number of halogens is 2. The van der Waals surface area contributed by atoms with Gasteiger partial charge in [0.25, 0.3) is 6.43 Å². The molecular weight excluding hydrogens is 606 g/mol. The van der Waals surface area contributed by atoms with Crippen LogP contribution in [0.5, 0.6) is 5.75 Å².